The van der Waals surface area contributed by atoms with Crippen LogP contribution in [-0.2, 0) is 28.8 Å². The van der Waals surface area contributed by atoms with Gasteiger partial charge in [0.05, 0.1) is 0 Å². The fourth-order valence-corrected chi connectivity index (χ4v) is 6.05. The maximum atomic E-state index is 13.0. The molecule has 4 heterocycles. The van der Waals surface area contributed by atoms with Gasteiger partial charge in [-0.25, -0.2) is 14.6 Å². The van der Waals surface area contributed by atoms with Crippen molar-refractivity contribution >= 4 is 11.9 Å². The van der Waals surface area contributed by atoms with Gasteiger partial charge >= 0.3 is 11.9 Å². The monoisotopic (exact) mass is 446 g/mol. The first-order valence-corrected chi connectivity index (χ1v) is 11.4. The Kier molecular flexibility index (Phi) is 5.32. The van der Waals surface area contributed by atoms with Crippen LogP contribution in [0, 0.1) is 23.7 Å². The van der Waals surface area contributed by atoms with E-state index in [9.17, 15) is 9.59 Å². The molecule has 5 fully saturated rings. The van der Waals surface area contributed by atoms with Crippen LogP contribution in [0.2, 0.25) is 0 Å². The summed E-state index contributed by atoms with van der Waals surface area (Å²) in [5, 5.41) is 0. The maximum absolute atomic E-state index is 13.0. The lowest BCUT2D eigenvalue weighted by atomic mass is 9.58. The number of para-hydroxylation sites is 1. The van der Waals surface area contributed by atoms with E-state index in [1.807, 2.05) is 13.8 Å². The molecule has 1 saturated carbocycles. The summed E-state index contributed by atoms with van der Waals surface area (Å²) in [6, 6.07) is 6.51. The number of carbonyl (C=O) groups is 2. The molecule has 1 aromatic carbocycles. The van der Waals surface area contributed by atoms with Crippen LogP contribution in [0.25, 0.3) is 0 Å². The fourth-order valence-electron chi connectivity index (χ4n) is 6.05. The van der Waals surface area contributed by atoms with E-state index in [2.05, 4.69) is 6.92 Å². The number of ether oxygens (including phenoxy) is 4. The third-order valence-corrected chi connectivity index (χ3v) is 7.68. The molecule has 0 amide bonds. The second-order valence-corrected chi connectivity index (χ2v) is 9.77. The smallest absolute Gasteiger partial charge is 0.344 e. The minimum Gasteiger partial charge on any atom is -0.432 e. The molecule has 1 aliphatic carbocycles. The van der Waals surface area contributed by atoms with Crippen molar-refractivity contribution in [1.29, 1.82) is 0 Å². The predicted molar refractivity (Wildman–Crippen MR) is 110 cm³/mol. The Morgan fingerprint density at radius 3 is 2.62 bits per heavy atom. The summed E-state index contributed by atoms with van der Waals surface area (Å²) < 4.78 is 23.6. The molecule has 32 heavy (non-hydrogen) atoms. The van der Waals surface area contributed by atoms with Gasteiger partial charge in [0, 0.05) is 25.2 Å². The number of hydrogen-bond donors (Lipinski definition) is 0. The Morgan fingerprint density at radius 2 is 1.84 bits per heavy atom. The molecule has 6 rings (SSSR count). The van der Waals surface area contributed by atoms with Gasteiger partial charge in [0.25, 0.3) is 0 Å². The molecule has 1 aromatic rings. The van der Waals surface area contributed by atoms with E-state index in [1.54, 1.807) is 24.3 Å². The molecule has 0 unspecified atom stereocenters. The highest BCUT2D eigenvalue weighted by molar-refractivity contribution is 5.93. The van der Waals surface area contributed by atoms with Crippen molar-refractivity contribution in [2.75, 3.05) is 0 Å². The van der Waals surface area contributed by atoms with Crippen molar-refractivity contribution in [3.05, 3.63) is 29.8 Å². The summed E-state index contributed by atoms with van der Waals surface area (Å²) in [5.74, 6) is -1.26. The highest BCUT2D eigenvalue weighted by Crippen LogP contribution is 2.60. The Morgan fingerprint density at radius 1 is 1.06 bits per heavy atom. The number of esters is 2. The van der Waals surface area contributed by atoms with Crippen molar-refractivity contribution in [2.45, 2.75) is 77.3 Å². The molecule has 4 aliphatic heterocycles. The van der Waals surface area contributed by atoms with Gasteiger partial charge in [-0.15, -0.1) is 0 Å². The quantitative estimate of drug-likeness (QED) is 0.391. The fraction of sp³-hybridized carbons (Fsp3) is 0.667. The van der Waals surface area contributed by atoms with Gasteiger partial charge in [-0.3, -0.25) is 4.79 Å². The molecular formula is C24H30O8. The van der Waals surface area contributed by atoms with Crippen molar-refractivity contribution in [1.82, 2.24) is 0 Å². The first-order chi connectivity index (χ1) is 15.2. The molecular weight excluding hydrogens is 416 g/mol. The van der Waals surface area contributed by atoms with E-state index in [0.29, 0.717) is 12.3 Å². The lowest BCUT2D eigenvalue weighted by molar-refractivity contribution is -0.576. The van der Waals surface area contributed by atoms with Crippen molar-refractivity contribution in [3.8, 4) is 5.75 Å². The largest absolute Gasteiger partial charge is 0.432 e. The van der Waals surface area contributed by atoms with E-state index in [1.165, 1.54) is 6.92 Å². The van der Waals surface area contributed by atoms with Crippen molar-refractivity contribution < 1.29 is 38.3 Å². The van der Waals surface area contributed by atoms with E-state index < -0.39 is 35.9 Å². The van der Waals surface area contributed by atoms with Crippen LogP contribution in [0.15, 0.2) is 24.3 Å². The summed E-state index contributed by atoms with van der Waals surface area (Å²) in [6.45, 7) is 7.41. The van der Waals surface area contributed by atoms with Crippen molar-refractivity contribution in [3.63, 3.8) is 0 Å². The second kappa shape index (κ2) is 7.80. The molecule has 1 spiro atoms. The van der Waals surface area contributed by atoms with Gasteiger partial charge in [0.2, 0.25) is 12.1 Å². The Balaban J connectivity index is 1.43. The van der Waals surface area contributed by atoms with Crippen LogP contribution in [0.4, 0.5) is 0 Å². The topological polar surface area (TPSA) is 89.5 Å². The zero-order valence-electron chi connectivity index (χ0n) is 18.9. The zero-order valence-corrected chi connectivity index (χ0v) is 18.9. The van der Waals surface area contributed by atoms with Crippen LogP contribution in [0.3, 0.4) is 0 Å². The van der Waals surface area contributed by atoms with Crippen LogP contribution < -0.4 is 4.74 Å². The molecule has 0 radical (unpaired) electrons. The average Bonchev–Trinajstić information content (AvgIpc) is 2.97. The number of rotatable bonds is 3. The first kappa shape index (κ1) is 21.8. The van der Waals surface area contributed by atoms with Gasteiger partial charge in [-0.1, -0.05) is 26.0 Å². The Hall–Kier alpha value is -2.00. The SMILES string of the molecule is CC(=O)Oc1ccccc1C(=O)O[C@H]1O[C@@H]2O[C@@]3(C)CC[C@@H]4[C@H](C)CC[C@H]([C@H]1C)[C@@]24OO3. The van der Waals surface area contributed by atoms with Gasteiger partial charge in [0.1, 0.15) is 11.3 Å². The second-order valence-electron chi connectivity index (χ2n) is 9.77. The summed E-state index contributed by atoms with van der Waals surface area (Å²) in [7, 11) is 0. The van der Waals surface area contributed by atoms with E-state index in [-0.39, 0.29) is 29.1 Å². The molecule has 0 N–H and O–H groups in total. The van der Waals surface area contributed by atoms with E-state index in [0.717, 1.165) is 19.3 Å². The third-order valence-electron chi connectivity index (χ3n) is 7.68. The average molecular weight is 446 g/mol. The highest BCUT2D eigenvalue weighted by Gasteiger charge is 2.69. The van der Waals surface area contributed by atoms with Gasteiger partial charge in [-0.2, -0.15) is 0 Å². The van der Waals surface area contributed by atoms with Gasteiger partial charge in [-0.05, 0) is 50.2 Å². The third kappa shape index (κ3) is 3.36. The lowest BCUT2D eigenvalue weighted by Gasteiger charge is -2.59. The number of benzene rings is 1. The molecule has 0 aromatic heterocycles. The van der Waals surface area contributed by atoms with E-state index in [4.69, 9.17) is 28.7 Å². The molecule has 5 aliphatic rings. The normalized spacial score (nSPS) is 42.5. The van der Waals surface area contributed by atoms with Crippen molar-refractivity contribution in [2.24, 2.45) is 23.7 Å². The summed E-state index contributed by atoms with van der Waals surface area (Å²) in [4.78, 5) is 36.4. The maximum Gasteiger partial charge on any atom is 0.344 e. The van der Waals surface area contributed by atoms with Gasteiger partial charge < -0.3 is 18.9 Å². The Bertz CT molecular complexity index is 917. The molecule has 8 atom stereocenters. The Labute approximate surface area is 187 Å². The van der Waals surface area contributed by atoms with Crippen LogP contribution in [0.5, 0.6) is 5.75 Å². The minimum absolute atomic E-state index is 0.0478. The summed E-state index contributed by atoms with van der Waals surface area (Å²) in [5.41, 5.74) is -0.546. The number of carbonyl (C=O) groups excluding carboxylic acids is 2. The standard InChI is InChI=1S/C24H30O8/c1-13-9-10-18-14(2)21(28-20(26)16-7-5-6-8-19(16)27-15(3)25)29-22-24(18)17(13)11-12-23(4,30-22)31-32-24/h5-8,13-14,17-18,21-22H,9-12H2,1-4H3/t13-,14-,17-,18-,21+,22-,23-,24-/m1/s1. The first-order valence-electron chi connectivity index (χ1n) is 11.4. The lowest BCUT2D eigenvalue weighted by Crippen LogP contribution is -2.70. The van der Waals surface area contributed by atoms with Crippen LogP contribution >= 0.6 is 0 Å². The van der Waals surface area contributed by atoms with Crippen LogP contribution in [0.1, 0.15) is 63.7 Å². The molecule has 8 nitrogen and oxygen atoms in total. The molecule has 2 bridgehead atoms. The molecule has 174 valence electrons. The molecule has 4 saturated heterocycles. The summed E-state index contributed by atoms with van der Waals surface area (Å²) in [6.07, 6.45) is 2.09. The van der Waals surface area contributed by atoms with E-state index >= 15 is 0 Å². The van der Waals surface area contributed by atoms with Gasteiger partial charge in [0.15, 0.2) is 11.9 Å². The number of hydrogen-bond acceptors (Lipinski definition) is 8. The minimum atomic E-state index is -0.894. The zero-order chi connectivity index (χ0) is 22.7. The predicted octanol–water partition coefficient (Wildman–Crippen LogP) is 3.98. The van der Waals surface area contributed by atoms with Crippen LogP contribution in [-0.4, -0.2) is 35.9 Å². The molecule has 8 heteroatoms. The number of fused-ring (bicyclic) bond motifs is 2. The summed E-state index contributed by atoms with van der Waals surface area (Å²) >= 11 is 0. The highest BCUT2D eigenvalue weighted by atomic mass is 17.3.